The highest BCUT2D eigenvalue weighted by Crippen LogP contribution is 2.30. The van der Waals surface area contributed by atoms with Crippen LogP contribution in [0.4, 0.5) is 4.79 Å². The maximum absolute atomic E-state index is 12.2. The zero-order valence-electron chi connectivity index (χ0n) is 13.6. The highest BCUT2D eigenvalue weighted by molar-refractivity contribution is 5.74. The van der Waals surface area contributed by atoms with E-state index >= 15 is 0 Å². The Morgan fingerprint density at radius 1 is 1.05 bits per heavy atom. The highest BCUT2D eigenvalue weighted by atomic mass is 16.3. The van der Waals surface area contributed by atoms with Gasteiger partial charge in [0, 0.05) is 18.7 Å². The number of rotatable bonds is 4. The number of aliphatic hydroxyl groups excluding tert-OH is 1. The Bertz CT molecular complexity index is 325. The Balaban J connectivity index is 1.76. The van der Waals surface area contributed by atoms with E-state index in [1.807, 2.05) is 0 Å². The predicted octanol–water partition coefficient (Wildman–Crippen LogP) is 3.05. The normalized spacial score (nSPS) is 33.7. The zero-order valence-corrected chi connectivity index (χ0v) is 13.6. The van der Waals surface area contributed by atoms with Crippen LogP contribution in [0.15, 0.2) is 0 Å². The lowest BCUT2D eigenvalue weighted by Gasteiger charge is -2.35. The van der Waals surface area contributed by atoms with E-state index in [2.05, 4.69) is 24.5 Å². The lowest BCUT2D eigenvalue weighted by molar-refractivity contribution is 0.169. The predicted molar refractivity (Wildman–Crippen MR) is 85.1 cm³/mol. The molecule has 0 heterocycles. The molecule has 2 aliphatic carbocycles. The second-order valence-corrected chi connectivity index (χ2v) is 7.32. The Labute approximate surface area is 129 Å². The van der Waals surface area contributed by atoms with Crippen molar-refractivity contribution in [2.24, 2.45) is 17.8 Å². The molecule has 0 radical (unpaired) electrons. The maximum Gasteiger partial charge on any atom is 0.315 e. The minimum absolute atomic E-state index is 0.0139. The minimum Gasteiger partial charge on any atom is -0.396 e. The molecule has 0 spiro atoms. The molecule has 2 saturated carbocycles. The first kappa shape index (κ1) is 16.6. The fourth-order valence-electron chi connectivity index (χ4n) is 4.02. The molecule has 2 rings (SSSR count). The summed E-state index contributed by atoms with van der Waals surface area (Å²) in [5, 5.41) is 15.5. The lowest BCUT2D eigenvalue weighted by atomic mass is 9.78. The molecule has 4 nitrogen and oxygen atoms in total. The summed E-state index contributed by atoms with van der Waals surface area (Å²) < 4.78 is 0. The van der Waals surface area contributed by atoms with Crippen molar-refractivity contribution in [1.82, 2.24) is 10.6 Å². The van der Waals surface area contributed by atoms with E-state index in [1.54, 1.807) is 0 Å². The first-order valence-electron chi connectivity index (χ1n) is 8.78. The van der Waals surface area contributed by atoms with Gasteiger partial charge in [-0.05, 0) is 56.3 Å². The van der Waals surface area contributed by atoms with Crippen LogP contribution in [-0.4, -0.2) is 29.8 Å². The molecule has 0 saturated heterocycles. The Kier molecular flexibility index (Phi) is 6.34. The standard InChI is InChI=1S/C17H32N2O2/c1-12(2)15-5-3-4-6-16(15)19-17(21)18-14-9-7-13(11-20)8-10-14/h12-16,20H,3-11H2,1-2H3,(H2,18,19,21). The fraction of sp³-hybridized carbons (Fsp3) is 0.941. The van der Waals surface area contributed by atoms with E-state index in [-0.39, 0.29) is 18.7 Å². The van der Waals surface area contributed by atoms with Crippen molar-refractivity contribution >= 4 is 6.03 Å². The molecule has 0 aliphatic heterocycles. The number of urea groups is 1. The van der Waals surface area contributed by atoms with Crippen molar-refractivity contribution in [3.8, 4) is 0 Å². The third kappa shape index (κ3) is 4.87. The number of carbonyl (C=O) groups excluding carboxylic acids is 1. The van der Waals surface area contributed by atoms with Crippen molar-refractivity contribution in [3.05, 3.63) is 0 Å². The summed E-state index contributed by atoms with van der Waals surface area (Å²) in [6.45, 7) is 4.81. The second kappa shape index (κ2) is 8.02. The summed E-state index contributed by atoms with van der Waals surface area (Å²) in [7, 11) is 0. The smallest absolute Gasteiger partial charge is 0.315 e. The van der Waals surface area contributed by atoms with E-state index in [1.165, 1.54) is 19.3 Å². The van der Waals surface area contributed by atoms with Gasteiger partial charge in [-0.3, -0.25) is 0 Å². The SMILES string of the molecule is CC(C)C1CCCCC1NC(=O)NC1CCC(CO)CC1. The van der Waals surface area contributed by atoms with Crippen molar-refractivity contribution in [3.63, 3.8) is 0 Å². The molecule has 0 aromatic heterocycles. The summed E-state index contributed by atoms with van der Waals surface area (Å²) >= 11 is 0. The van der Waals surface area contributed by atoms with Crippen LogP contribution in [-0.2, 0) is 0 Å². The minimum atomic E-state index is 0.0139. The van der Waals surface area contributed by atoms with Gasteiger partial charge >= 0.3 is 6.03 Å². The number of aliphatic hydroxyl groups is 1. The monoisotopic (exact) mass is 296 g/mol. The van der Waals surface area contributed by atoms with Crippen LogP contribution in [0.1, 0.15) is 65.2 Å². The van der Waals surface area contributed by atoms with Crippen molar-refractivity contribution in [2.45, 2.75) is 77.3 Å². The largest absolute Gasteiger partial charge is 0.396 e. The van der Waals surface area contributed by atoms with Crippen LogP contribution in [0.5, 0.6) is 0 Å². The van der Waals surface area contributed by atoms with Gasteiger partial charge in [-0.1, -0.05) is 26.7 Å². The van der Waals surface area contributed by atoms with Gasteiger partial charge in [-0.15, -0.1) is 0 Å². The Morgan fingerprint density at radius 2 is 1.71 bits per heavy atom. The van der Waals surface area contributed by atoms with Crippen molar-refractivity contribution in [2.75, 3.05) is 6.61 Å². The molecule has 21 heavy (non-hydrogen) atoms. The molecule has 2 amide bonds. The van der Waals surface area contributed by atoms with E-state index in [0.717, 1.165) is 32.1 Å². The second-order valence-electron chi connectivity index (χ2n) is 7.32. The Morgan fingerprint density at radius 3 is 2.33 bits per heavy atom. The van der Waals surface area contributed by atoms with Gasteiger partial charge in [-0.2, -0.15) is 0 Å². The molecule has 2 atom stereocenters. The number of hydrogen-bond donors (Lipinski definition) is 3. The average molecular weight is 296 g/mol. The molecule has 2 fully saturated rings. The van der Waals surface area contributed by atoms with E-state index < -0.39 is 0 Å². The molecule has 0 bridgehead atoms. The van der Waals surface area contributed by atoms with Crippen LogP contribution in [0.3, 0.4) is 0 Å². The molecular formula is C17H32N2O2. The third-order valence-corrected chi connectivity index (χ3v) is 5.43. The fourth-order valence-corrected chi connectivity index (χ4v) is 4.02. The van der Waals surface area contributed by atoms with Gasteiger partial charge < -0.3 is 15.7 Å². The molecule has 2 aliphatic rings. The number of nitrogens with one attached hydrogen (secondary N) is 2. The highest BCUT2D eigenvalue weighted by Gasteiger charge is 2.29. The quantitative estimate of drug-likeness (QED) is 0.746. The molecule has 0 aromatic carbocycles. The van der Waals surface area contributed by atoms with Gasteiger partial charge in [0.25, 0.3) is 0 Å². The first-order chi connectivity index (χ1) is 10.1. The summed E-state index contributed by atoms with van der Waals surface area (Å²) in [4.78, 5) is 12.2. The molecule has 0 aromatic rings. The topological polar surface area (TPSA) is 61.4 Å². The first-order valence-corrected chi connectivity index (χ1v) is 8.78. The van der Waals surface area contributed by atoms with E-state index in [9.17, 15) is 4.79 Å². The summed E-state index contributed by atoms with van der Waals surface area (Å²) in [5.41, 5.74) is 0. The van der Waals surface area contributed by atoms with E-state index in [4.69, 9.17) is 5.11 Å². The summed E-state index contributed by atoms with van der Waals surface area (Å²) in [6, 6.07) is 0.640. The lowest BCUT2D eigenvalue weighted by Crippen LogP contribution is -2.51. The molecule has 3 N–H and O–H groups in total. The van der Waals surface area contributed by atoms with Crippen LogP contribution < -0.4 is 10.6 Å². The van der Waals surface area contributed by atoms with Crippen LogP contribution in [0.2, 0.25) is 0 Å². The van der Waals surface area contributed by atoms with Crippen LogP contribution in [0.25, 0.3) is 0 Å². The van der Waals surface area contributed by atoms with E-state index in [0.29, 0.717) is 23.8 Å². The van der Waals surface area contributed by atoms with Crippen LogP contribution in [0, 0.1) is 17.8 Å². The zero-order chi connectivity index (χ0) is 15.2. The number of amides is 2. The summed E-state index contributed by atoms with van der Waals surface area (Å²) in [5.74, 6) is 1.69. The summed E-state index contributed by atoms with van der Waals surface area (Å²) in [6.07, 6.45) is 8.94. The number of hydrogen-bond acceptors (Lipinski definition) is 2. The molecular weight excluding hydrogens is 264 g/mol. The van der Waals surface area contributed by atoms with Crippen LogP contribution >= 0.6 is 0 Å². The third-order valence-electron chi connectivity index (χ3n) is 5.43. The average Bonchev–Trinajstić information content (AvgIpc) is 2.48. The van der Waals surface area contributed by atoms with Crippen molar-refractivity contribution < 1.29 is 9.90 Å². The van der Waals surface area contributed by atoms with Gasteiger partial charge in [0.2, 0.25) is 0 Å². The maximum atomic E-state index is 12.2. The molecule has 4 heteroatoms. The molecule has 2 unspecified atom stereocenters. The van der Waals surface area contributed by atoms with Gasteiger partial charge in [-0.25, -0.2) is 4.79 Å². The Hall–Kier alpha value is -0.770. The molecule has 122 valence electrons. The van der Waals surface area contributed by atoms with Gasteiger partial charge in [0.1, 0.15) is 0 Å². The van der Waals surface area contributed by atoms with Gasteiger partial charge in [0.05, 0.1) is 0 Å². The number of carbonyl (C=O) groups is 1. The van der Waals surface area contributed by atoms with Crippen molar-refractivity contribution in [1.29, 1.82) is 0 Å². The van der Waals surface area contributed by atoms with Gasteiger partial charge in [0.15, 0.2) is 0 Å².